The molecular weight excluding hydrogens is 468 g/mol. The number of rotatable bonds is 10. The van der Waals surface area contributed by atoms with Crippen molar-refractivity contribution in [1.29, 1.82) is 0 Å². The fourth-order valence-electron chi connectivity index (χ4n) is 5.10. The maximum atomic E-state index is 14.6. The number of ether oxygens (including phenoxy) is 4. The monoisotopic (exact) mass is 500 g/mol. The fraction of sp³-hybridized carbons (Fsp3) is 0.538. The van der Waals surface area contributed by atoms with E-state index in [1.54, 1.807) is 12.1 Å². The molecule has 2 aromatic rings. The average Bonchev–Trinajstić information content (AvgIpc) is 3.63. The van der Waals surface area contributed by atoms with Crippen LogP contribution in [0.5, 0.6) is 0 Å². The number of nitrogen functional groups attached to an aromatic ring is 2. The van der Waals surface area contributed by atoms with Crippen molar-refractivity contribution in [2.45, 2.75) is 73.7 Å². The van der Waals surface area contributed by atoms with Crippen LogP contribution in [0.3, 0.4) is 0 Å². The zero-order chi connectivity index (χ0) is 24.5. The standard InChI is InChI=1S/C26H32N2O6S/c1-13-20(6-16-10-32-16)25(28)22(8-18-12-34-18)26(21(13)7-17-11-33-17)35(29,30)24-4-3-23(27)14(2)19(24)5-15-9-31-15/h3-4,15-18H,5-12,27-28H2,1-2H3. The average molecular weight is 501 g/mol. The highest BCUT2D eigenvalue weighted by Gasteiger charge is 2.39. The summed E-state index contributed by atoms with van der Waals surface area (Å²) < 4.78 is 51.2. The number of anilines is 2. The van der Waals surface area contributed by atoms with Crippen molar-refractivity contribution >= 4 is 21.2 Å². The van der Waals surface area contributed by atoms with Gasteiger partial charge in [0.25, 0.3) is 0 Å². The Labute approximate surface area is 205 Å². The molecular formula is C26H32N2O6S. The van der Waals surface area contributed by atoms with Crippen LogP contribution in [0.2, 0.25) is 0 Å². The van der Waals surface area contributed by atoms with Crippen LogP contribution in [-0.4, -0.2) is 59.3 Å². The molecule has 4 atom stereocenters. The normalized spacial score (nSPS) is 26.6. The first kappa shape index (κ1) is 23.2. The van der Waals surface area contributed by atoms with Crippen molar-refractivity contribution in [3.05, 3.63) is 45.5 Å². The predicted molar refractivity (Wildman–Crippen MR) is 130 cm³/mol. The molecule has 35 heavy (non-hydrogen) atoms. The number of hydrogen-bond acceptors (Lipinski definition) is 8. The summed E-state index contributed by atoms with van der Waals surface area (Å²) in [7, 11) is -3.93. The Balaban J connectivity index is 1.57. The first-order valence-electron chi connectivity index (χ1n) is 12.3. The smallest absolute Gasteiger partial charge is 0.207 e. The van der Waals surface area contributed by atoms with Gasteiger partial charge >= 0.3 is 0 Å². The minimum atomic E-state index is -3.93. The third kappa shape index (κ3) is 4.56. The lowest BCUT2D eigenvalue weighted by Crippen LogP contribution is -2.20. The van der Waals surface area contributed by atoms with E-state index in [2.05, 4.69) is 0 Å². The highest BCUT2D eigenvalue weighted by atomic mass is 32.2. The lowest BCUT2D eigenvalue weighted by molar-refractivity contribution is 0.402. The minimum absolute atomic E-state index is 0.0171. The van der Waals surface area contributed by atoms with Gasteiger partial charge in [-0.1, -0.05) is 0 Å². The van der Waals surface area contributed by atoms with Crippen LogP contribution in [0.25, 0.3) is 0 Å². The van der Waals surface area contributed by atoms with Gasteiger partial charge in [-0.05, 0) is 59.4 Å². The van der Waals surface area contributed by atoms with Crippen molar-refractivity contribution in [2.75, 3.05) is 37.9 Å². The predicted octanol–water partition coefficient (Wildman–Crippen LogP) is 2.07. The molecule has 2 aromatic carbocycles. The Bertz CT molecular complexity index is 1250. The van der Waals surface area contributed by atoms with E-state index in [0.29, 0.717) is 73.9 Å². The van der Waals surface area contributed by atoms with Crippen LogP contribution in [0.4, 0.5) is 11.4 Å². The van der Waals surface area contributed by atoms with Gasteiger partial charge in [0.2, 0.25) is 9.84 Å². The Hall–Kier alpha value is -2.17. The molecule has 0 radical (unpaired) electrons. The second-order valence-electron chi connectivity index (χ2n) is 10.2. The zero-order valence-electron chi connectivity index (χ0n) is 20.1. The fourth-order valence-corrected chi connectivity index (χ4v) is 7.20. The van der Waals surface area contributed by atoms with Crippen molar-refractivity contribution in [2.24, 2.45) is 0 Å². The number of benzene rings is 2. The second kappa shape index (κ2) is 8.45. The number of nitrogens with two attached hydrogens (primary N) is 2. The van der Waals surface area contributed by atoms with Gasteiger partial charge in [0.1, 0.15) is 0 Å². The summed E-state index contributed by atoms with van der Waals surface area (Å²) in [5, 5.41) is 0. The summed E-state index contributed by atoms with van der Waals surface area (Å²) in [6.45, 7) is 6.44. The van der Waals surface area contributed by atoms with Gasteiger partial charge in [-0.2, -0.15) is 0 Å². The maximum Gasteiger partial charge on any atom is 0.207 e. The van der Waals surface area contributed by atoms with Crippen molar-refractivity contribution in [3.8, 4) is 0 Å². The van der Waals surface area contributed by atoms with E-state index in [9.17, 15) is 8.42 Å². The van der Waals surface area contributed by atoms with Gasteiger partial charge in [0.15, 0.2) is 0 Å². The zero-order valence-corrected chi connectivity index (χ0v) is 20.9. The first-order chi connectivity index (χ1) is 16.7. The van der Waals surface area contributed by atoms with Crippen molar-refractivity contribution in [1.82, 2.24) is 0 Å². The largest absolute Gasteiger partial charge is 0.399 e. The molecule has 4 unspecified atom stereocenters. The number of hydrogen-bond donors (Lipinski definition) is 2. The van der Waals surface area contributed by atoms with Crippen LogP contribution in [0.1, 0.15) is 33.4 Å². The Morgan fingerprint density at radius 1 is 0.714 bits per heavy atom. The van der Waals surface area contributed by atoms with Gasteiger partial charge in [-0.25, -0.2) is 8.42 Å². The highest BCUT2D eigenvalue weighted by Crippen LogP contribution is 2.42. The summed E-state index contributed by atoms with van der Waals surface area (Å²) >= 11 is 0. The summed E-state index contributed by atoms with van der Waals surface area (Å²) in [6.07, 6.45) is 2.36. The lowest BCUT2D eigenvalue weighted by Gasteiger charge is -2.24. The molecule has 4 heterocycles. The molecule has 4 aliphatic heterocycles. The first-order valence-corrected chi connectivity index (χ1v) is 13.7. The van der Waals surface area contributed by atoms with Crippen molar-refractivity contribution in [3.63, 3.8) is 0 Å². The number of sulfone groups is 1. The Morgan fingerprint density at radius 2 is 1.17 bits per heavy atom. The summed E-state index contributed by atoms with van der Waals surface area (Å²) in [6, 6.07) is 3.32. The SMILES string of the molecule is Cc1c(N)ccc(S(=O)(=O)c2c(CC3CO3)c(C)c(CC3CO3)c(N)c2CC2CO2)c1CC1CO1. The molecule has 0 saturated carbocycles. The van der Waals surface area contributed by atoms with Crippen LogP contribution in [0, 0.1) is 13.8 Å². The summed E-state index contributed by atoms with van der Waals surface area (Å²) in [5.41, 5.74) is 19.0. The highest BCUT2D eigenvalue weighted by molar-refractivity contribution is 7.91. The molecule has 0 amide bonds. The molecule has 188 valence electrons. The van der Waals surface area contributed by atoms with E-state index in [1.807, 2.05) is 13.8 Å². The quantitative estimate of drug-likeness (QED) is 0.374. The molecule has 4 fully saturated rings. The summed E-state index contributed by atoms with van der Waals surface area (Å²) in [4.78, 5) is 0.605. The van der Waals surface area contributed by atoms with E-state index >= 15 is 0 Å². The van der Waals surface area contributed by atoms with Crippen LogP contribution >= 0.6 is 0 Å². The third-order valence-electron chi connectivity index (χ3n) is 7.60. The van der Waals surface area contributed by atoms with Gasteiger partial charge in [0, 0.05) is 37.1 Å². The van der Waals surface area contributed by atoms with Gasteiger partial charge in [-0.3, -0.25) is 0 Å². The van der Waals surface area contributed by atoms with E-state index in [-0.39, 0.29) is 29.3 Å². The topological polar surface area (TPSA) is 136 Å². The van der Waals surface area contributed by atoms with Crippen LogP contribution in [0.15, 0.2) is 21.9 Å². The third-order valence-corrected chi connectivity index (χ3v) is 9.59. The Kier molecular flexibility index (Phi) is 5.61. The van der Waals surface area contributed by atoms with Gasteiger partial charge < -0.3 is 30.4 Å². The second-order valence-corrected chi connectivity index (χ2v) is 12.1. The lowest BCUT2D eigenvalue weighted by atomic mass is 9.89. The molecule has 9 heteroatoms. The Morgan fingerprint density at radius 3 is 1.69 bits per heavy atom. The number of epoxide rings is 4. The van der Waals surface area contributed by atoms with Crippen LogP contribution in [-0.2, 0) is 54.5 Å². The van der Waals surface area contributed by atoms with Gasteiger partial charge in [0.05, 0.1) is 60.6 Å². The van der Waals surface area contributed by atoms with E-state index in [4.69, 9.17) is 30.4 Å². The van der Waals surface area contributed by atoms with E-state index in [0.717, 1.165) is 27.8 Å². The molecule has 0 bridgehead atoms. The molecule has 4 saturated heterocycles. The molecule has 0 aromatic heterocycles. The van der Waals surface area contributed by atoms with E-state index in [1.165, 1.54) is 0 Å². The minimum Gasteiger partial charge on any atom is -0.399 e. The van der Waals surface area contributed by atoms with E-state index < -0.39 is 9.84 Å². The molecule has 0 aliphatic carbocycles. The molecule has 4 N–H and O–H groups in total. The van der Waals surface area contributed by atoms with Crippen LogP contribution < -0.4 is 11.5 Å². The molecule has 4 aliphatic rings. The molecule has 0 spiro atoms. The molecule has 8 nitrogen and oxygen atoms in total. The summed E-state index contributed by atoms with van der Waals surface area (Å²) in [5.74, 6) is 0. The maximum absolute atomic E-state index is 14.6. The van der Waals surface area contributed by atoms with Gasteiger partial charge in [-0.15, -0.1) is 0 Å². The molecule has 6 rings (SSSR count). The van der Waals surface area contributed by atoms with Crippen molar-refractivity contribution < 1.29 is 27.4 Å².